The fourth-order valence-electron chi connectivity index (χ4n) is 3.60. The molecule has 5 nitrogen and oxygen atoms in total. The van der Waals surface area contributed by atoms with Crippen molar-refractivity contribution in [3.05, 3.63) is 0 Å². The number of carboxylic acids is 1. The third-order valence-corrected chi connectivity index (χ3v) is 4.58. The van der Waals surface area contributed by atoms with Gasteiger partial charge in [0, 0.05) is 19.1 Å². The summed E-state index contributed by atoms with van der Waals surface area (Å²) in [4.78, 5) is 14.0. The molecule has 0 aromatic carbocycles. The Kier molecular flexibility index (Phi) is 4.48. The van der Waals surface area contributed by atoms with Crippen LogP contribution in [0, 0.1) is 0 Å². The number of carbonyl (C=O) groups is 1. The standard InChI is InChI=1S/C14H26N2O3/c1-10-8-16(9-11(2)19-10)12-5-4-6-14(7-12,15-3)13(17)18/h10-12,15H,4-9H2,1-3H3,(H,17,18). The Bertz CT molecular complexity index is 327. The maximum Gasteiger partial charge on any atom is 0.323 e. The highest BCUT2D eigenvalue weighted by Crippen LogP contribution is 2.32. The molecule has 1 saturated carbocycles. The second-order valence-corrected chi connectivity index (χ2v) is 6.10. The van der Waals surface area contributed by atoms with Gasteiger partial charge in [0.15, 0.2) is 0 Å². The van der Waals surface area contributed by atoms with Gasteiger partial charge in [-0.05, 0) is 46.6 Å². The molecule has 1 saturated heterocycles. The topological polar surface area (TPSA) is 61.8 Å². The molecule has 0 bridgehead atoms. The maximum atomic E-state index is 11.6. The highest BCUT2D eigenvalue weighted by Gasteiger charge is 2.44. The van der Waals surface area contributed by atoms with Crippen LogP contribution in [-0.4, -0.2) is 59.9 Å². The highest BCUT2D eigenvalue weighted by molar-refractivity contribution is 5.79. The van der Waals surface area contributed by atoms with Gasteiger partial charge < -0.3 is 15.2 Å². The fourth-order valence-corrected chi connectivity index (χ4v) is 3.60. The first-order valence-corrected chi connectivity index (χ1v) is 7.28. The predicted molar refractivity (Wildman–Crippen MR) is 73.3 cm³/mol. The van der Waals surface area contributed by atoms with Crippen molar-refractivity contribution in [3.8, 4) is 0 Å². The van der Waals surface area contributed by atoms with Crippen molar-refractivity contribution < 1.29 is 14.6 Å². The van der Waals surface area contributed by atoms with Crippen LogP contribution in [0.3, 0.4) is 0 Å². The van der Waals surface area contributed by atoms with Gasteiger partial charge in [-0.3, -0.25) is 9.69 Å². The summed E-state index contributed by atoms with van der Waals surface area (Å²) in [5, 5.41) is 12.6. The Balaban J connectivity index is 2.06. The van der Waals surface area contributed by atoms with Gasteiger partial charge in [-0.2, -0.15) is 0 Å². The van der Waals surface area contributed by atoms with Crippen molar-refractivity contribution in [2.45, 2.75) is 63.3 Å². The van der Waals surface area contributed by atoms with Crippen LogP contribution >= 0.6 is 0 Å². The molecule has 0 aromatic rings. The number of carboxylic acid groups (broad SMARTS) is 1. The van der Waals surface area contributed by atoms with Gasteiger partial charge in [0.1, 0.15) is 5.54 Å². The van der Waals surface area contributed by atoms with E-state index in [-0.39, 0.29) is 12.2 Å². The van der Waals surface area contributed by atoms with Gasteiger partial charge in [0.05, 0.1) is 12.2 Å². The third-order valence-electron chi connectivity index (χ3n) is 4.58. The van der Waals surface area contributed by atoms with Crippen molar-refractivity contribution >= 4 is 5.97 Å². The summed E-state index contributed by atoms with van der Waals surface area (Å²) in [5.74, 6) is -0.714. The summed E-state index contributed by atoms with van der Waals surface area (Å²) in [5.41, 5.74) is -0.742. The summed E-state index contributed by atoms with van der Waals surface area (Å²) in [6.07, 6.45) is 3.95. The minimum Gasteiger partial charge on any atom is -0.480 e. The van der Waals surface area contributed by atoms with E-state index in [4.69, 9.17) is 4.74 Å². The summed E-state index contributed by atoms with van der Waals surface area (Å²) in [6, 6.07) is 0.353. The lowest BCUT2D eigenvalue weighted by atomic mass is 9.78. The van der Waals surface area contributed by atoms with E-state index < -0.39 is 11.5 Å². The summed E-state index contributed by atoms with van der Waals surface area (Å²) in [7, 11) is 1.76. The monoisotopic (exact) mass is 270 g/mol. The number of ether oxygens (including phenoxy) is 1. The first kappa shape index (κ1) is 14.8. The lowest BCUT2D eigenvalue weighted by Crippen LogP contribution is -2.59. The summed E-state index contributed by atoms with van der Waals surface area (Å²) < 4.78 is 5.76. The number of nitrogens with zero attached hydrogens (tertiary/aromatic N) is 1. The van der Waals surface area contributed by atoms with Crippen LogP contribution in [0.5, 0.6) is 0 Å². The van der Waals surface area contributed by atoms with Crippen LogP contribution in [0.15, 0.2) is 0 Å². The molecule has 19 heavy (non-hydrogen) atoms. The minimum absolute atomic E-state index is 0.236. The average molecular weight is 270 g/mol. The third kappa shape index (κ3) is 3.09. The number of hydrogen-bond donors (Lipinski definition) is 2. The summed E-state index contributed by atoms with van der Waals surface area (Å²) >= 11 is 0. The zero-order chi connectivity index (χ0) is 14.0. The van der Waals surface area contributed by atoms with Gasteiger partial charge in [-0.25, -0.2) is 0 Å². The molecule has 1 heterocycles. The van der Waals surface area contributed by atoms with E-state index in [2.05, 4.69) is 24.1 Å². The molecule has 2 aliphatic rings. The van der Waals surface area contributed by atoms with E-state index in [1.165, 1.54) is 0 Å². The van der Waals surface area contributed by atoms with E-state index in [1.807, 2.05) is 0 Å². The molecule has 2 N–H and O–H groups in total. The van der Waals surface area contributed by atoms with E-state index in [1.54, 1.807) is 7.05 Å². The zero-order valence-electron chi connectivity index (χ0n) is 12.2. The SMILES string of the molecule is CNC1(C(=O)O)CCCC(N2CC(C)OC(C)C2)C1. The number of morpholine rings is 1. The molecule has 0 radical (unpaired) electrons. The van der Waals surface area contributed by atoms with E-state index in [0.717, 1.165) is 32.4 Å². The van der Waals surface area contributed by atoms with Crippen molar-refractivity contribution in [2.24, 2.45) is 0 Å². The maximum absolute atomic E-state index is 11.6. The number of hydrogen-bond acceptors (Lipinski definition) is 4. The average Bonchev–Trinajstić information content (AvgIpc) is 2.37. The molecule has 2 rings (SSSR count). The van der Waals surface area contributed by atoms with Crippen LogP contribution in [0.1, 0.15) is 39.5 Å². The van der Waals surface area contributed by atoms with Crippen molar-refractivity contribution in [2.75, 3.05) is 20.1 Å². The van der Waals surface area contributed by atoms with Gasteiger partial charge in [-0.15, -0.1) is 0 Å². The molecule has 4 unspecified atom stereocenters. The zero-order valence-corrected chi connectivity index (χ0v) is 12.2. The van der Waals surface area contributed by atoms with Crippen LogP contribution < -0.4 is 5.32 Å². The number of nitrogens with one attached hydrogen (secondary N) is 1. The molecule has 5 heteroatoms. The van der Waals surface area contributed by atoms with E-state index in [0.29, 0.717) is 12.5 Å². The largest absolute Gasteiger partial charge is 0.480 e. The van der Waals surface area contributed by atoms with E-state index in [9.17, 15) is 9.90 Å². The summed E-state index contributed by atoms with van der Waals surface area (Å²) in [6.45, 7) is 6.00. The molecule has 0 aromatic heterocycles. The lowest BCUT2D eigenvalue weighted by Gasteiger charge is -2.46. The Morgan fingerprint density at radius 3 is 2.53 bits per heavy atom. The Morgan fingerprint density at radius 1 is 1.37 bits per heavy atom. The predicted octanol–water partition coefficient (Wildman–Crippen LogP) is 1.08. The Morgan fingerprint density at radius 2 is 2.00 bits per heavy atom. The highest BCUT2D eigenvalue weighted by atomic mass is 16.5. The fraction of sp³-hybridized carbons (Fsp3) is 0.929. The first-order valence-electron chi connectivity index (χ1n) is 7.28. The number of rotatable bonds is 3. The normalized spacial score (nSPS) is 41.1. The number of aliphatic carboxylic acids is 1. The van der Waals surface area contributed by atoms with Gasteiger partial charge in [0.25, 0.3) is 0 Å². The second-order valence-electron chi connectivity index (χ2n) is 6.10. The minimum atomic E-state index is -0.742. The van der Waals surface area contributed by atoms with Crippen molar-refractivity contribution in [1.82, 2.24) is 10.2 Å². The Hall–Kier alpha value is -0.650. The van der Waals surface area contributed by atoms with E-state index >= 15 is 0 Å². The van der Waals surface area contributed by atoms with Gasteiger partial charge in [-0.1, -0.05) is 0 Å². The molecular weight excluding hydrogens is 244 g/mol. The van der Waals surface area contributed by atoms with Crippen LogP contribution in [-0.2, 0) is 9.53 Å². The lowest BCUT2D eigenvalue weighted by molar-refractivity contribution is -0.148. The molecular formula is C14H26N2O3. The molecule has 0 amide bonds. The Labute approximate surface area is 115 Å². The molecule has 0 spiro atoms. The molecule has 4 atom stereocenters. The van der Waals surface area contributed by atoms with Gasteiger partial charge >= 0.3 is 5.97 Å². The molecule has 1 aliphatic carbocycles. The first-order chi connectivity index (χ1) is 8.97. The van der Waals surface area contributed by atoms with Crippen LogP contribution in [0.25, 0.3) is 0 Å². The van der Waals surface area contributed by atoms with Crippen LogP contribution in [0.4, 0.5) is 0 Å². The molecule has 1 aliphatic heterocycles. The number of likely N-dealkylation sites (N-methyl/N-ethyl adjacent to an activating group) is 1. The molecule has 2 fully saturated rings. The van der Waals surface area contributed by atoms with Crippen LogP contribution in [0.2, 0.25) is 0 Å². The smallest absolute Gasteiger partial charge is 0.323 e. The van der Waals surface area contributed by atoms with Gasteiger partial charge in [0.2, 0.25) is 0 Å². The van der Waals surface area contributed by atoms with Crippen molar-refractivity contribution in [1.29, 1.82) is 0 Å². The molecule has 110 valence electrons. The second kappa shape index (κ2) is 5.77. The van der Waals surface area contributed by atoms with Crippen molar-refractivity contribution in [3.63, 3.8) is 0 Å². The quantitative estimate of drug-likeness (QED) is 0.803.